The van der Waals surface area contributed by atoms with E-state index in [-0.39, 0.29) is 324 Å². The Kier molecular flexibility index (Phi) is 66.7. The molecule has 0 aromatic rings. The molecule has 0 aliphatic carbocycles. The van der Waals surface area contributed by atoms with Gasteiger partial charge in [0, 0.05) is 206 Å². The van der Waals surface area contributed by atoms with Crippen molar-refractivity contribution >= 4 is 94.3 Å². The predicted molar refractivity (Wildman–Crippen MR) is 448 cm³/mol. The highest BCUT2D eigenvalue weighted by Crippen LogP contribution is 2.22. The van der Waals surface area contributed by atoms with E-state index in [0.717, 1.165) is 9.80 Å². The number of nitrogens with one attached hydrogen (secondary N) is 6. The van der Waals surface area contributed by atoms with Crippen molar-refractivity contribution in [1.29, 1.82) is 0 Å². The summed E-state index contributed by atoms with van der Waals surface area (Å²) in [7, 11) is 11.4. The van der Waals surface area contributed by atoms with Gasteiger partial charge in [0.25, 0.3) is 0 Å². The predicted octanol–water partition coefficient (Wildman–Crippen LogP) is -0.909. The van der Waals surface area contributed by atoms with E-state index in [2.05, 4.69) is 72.0 Å². The first-order chi connectivity index (χ1) is 59.8. The molecule has 50 heteroatoms. The van der Waals surface area contributed by atoms with Crippen LogP contribution in [0.5, 0.6) is 0 Å². The van der Waals surface area contributed by atoms with Crippen LogP contribution in [0.25, 0.3) is 41.8 Å². The van der Waals surface area contributed by atoms with Crippen molar-refractivity contribution < 1.29 is 115 Å². The summed E-state index contributed by atoms with van der Waals surface area (Å²) in [6, 6.07) is 0. The second-order valence-corrected chi connectivity index (χ2v) is 28.8. The third kappa shape index (κ3) is 62.6. The monoisotopic (exact) mass is 1780 g/mol. The minimum Gasteiger partial charge on any atom is -0.380 e. The highest BCUT2D eigenvalue weighted by Gasteiger charge is 2.34. The van der Waals surface area contributed by atoms with Crippen molar-refractivity contribution in [2.24, 2.45) is 25.9 Å². The van der Waals surface area contributed by atoms with Crippen LogP contribution in [-0.2, 0) is 115 Å². The quantitative estimate of drug-likeness (QED) is 0.0186. The number of azide groups is 4. The molecule has 0 bridgehead atoms. The number of likely N-dealkylation sites (N-methyl/N-ethyl adjacent to an activating group) is 8. The third-order valence-electron chi connectivity index (χ3n) is 17.9. The van der Waals surface area contributed by atoms with E-state index in [0.29, 0.717) is 25.7 Å². The minimum atomic E-state index is -1.25. The molecule has 125 heavy (non-hydrogen) atoms. The summed E-state index contributed by atoms with van der Waals surface area (Å²) in [5.41, 5.74) is 32.2. The minimum absolute atomic E-state index is 0.0147. The van der Waals surface area contributed by atoms with Crippen LogP contribution in [0.3, 0.4) is 0 Å². The smallest absolute Gasteiger partial charge is 0.242 e. The van der Waals surface area contributed by atoms with Crippen molar-refractivity contribution in [2.45, 2.75) is 103 Å². The fourth-order valence-corrected chi connectivity index (χ4v) is 10.6. The van der Waals surface area contributed by atoms with Crippen LogP contribution in [0, 0.1) is 5.41 Å². The number of hydrogen-bond donors (Lipinski definition) is 6. The molecule has 0 aromatic carbocycles. The molecule has 6 N–H and O–H groups in total. The van der Waals surface area contributed by atoms with Gasteiger partial charge >= 0.3 is 0 Å². The first kappa shape index (κ1) is 114. The van der Waals surface area contributed by atoms with Gasteiger partial charge in [0.1, 0.15) is 11.6 Å². The zero-order valence-electron chi connectivity index (χ0n) is 73.6. The van der Waals surface area contributed by atoms with Crippen LogP contribution in [0.2, 0.25) is 0 Å². The Morgan fingerprint density at radius 1 is 0.240 bits per heavy atom. The summed E-state index contributed by atoms with van der Waals surface area (Å²) in [6.07, 6.45) is 1.22. The van der Waals surface area contributed by atoms with Gasteiger partial charge in [-0.05, 0) is 60.6 Å². The van der Waals surface area contributed by atoms with E-state index in [1.54, 1.807) is 0 Å². The van der Waals surface area contributed by atoms with Crippen molar-refractivity contribution in [1.82, 2.24) is 71.1 Å². The normalized spacial score (nSPS) is 11.1. The molecule has 0 spiro atoms. The van der Waals surface area contributed by atoms with Gasteiger partial charge in [0.05, 0.1) is 163 Å². The lowest BCUT2D eigenvalue weighted by molar-refractivity contribution is -0.140. The maximum absolute atomic E-state index is 13.3. The highest BCUT2D eigenvalue weighted by molar-refractivity contribution is 5.91. The van der Waals surface area contributed by atoms with E-state index in [4.69, 9.17) is 60.0 Å². The second-order valence-electron chi connectivity index (χ2n) is 28.8. The summed E-state index contributed by atoms with van der Waals surface area (Å²) < 4.78 is 45.6. The van der Waals surface area contributed by atoms with E-state index >= 15 is 0 Å². The number of ether oxygens (including phenoxy) is 8. The van der Waals surface area contributed by atoms with E-state index < -0.39 is 76.3 Å². The van der Waals surface area contributed by atoms with E-state index in [1.165, 1.54) is 85.8 Å². The third-order valence-corrected chi connectivity index (χ3v) is 17.9. The Hall–Kier alpha value is -11.2. The molecule has 14 amide bonds. The van der Waals surface area contributed by atoms with Crippen LogP contribution < -0.4 is 31.9 Å². The average Bonchev–Trinajstić information content (AvgIpc) is 0.863. The fraction of sp³-hybridized carbons (Fsp3) is 0.787. The molecule has 0 saturated carbocycles. The Labute approximate surface area is 727 Å². The SMILES string of the molecule is CN(CC(=O)NCCOCCN=[N+]=[N-])C(=O)CN(C)C(=O)CCCCC(=O)CCOCC(COCCC(=O)CCCCC(=O)N(C)CC(=O)N(C)CC(=O)NCCOCCN=[N+]=[N-])(COCCC(=O)NCCCC(=O)N(C)CC(=O)N(C)CC(=O)NCCOCCN=[N+]=[N-])COCCC(=O)NCCCC(=O)N(C)CC(=O)N(C)CC(=O)NCCOCCN=[N+]=[N-]. The van der Waals surface area contributed by atoms with Crippen molar-refractivity contribution in [3.05, 3.63) is 41.8 Å². The zero-order valence-corrected chi connectivity index (χ0v) is 73.6. The molecule has 0 unspecified atom stereocenters. The Morgan fingerprint density at radius 2 is 0.456 bits per heavy atom. The number of amides is 14. The maximum Gasteiger partial charge on any atom is 0.242 e. The summed E-state index contributed by atoms with van der Waals surface area (Å²) >= 11 is 0. The highest BCUT2D eigenvalue weighted by atomic mass is 16.5. The Morgan fingerprint density at radius 3 is 0.704 bits per heavy atom. The average molecular weight is 1780 g/mol. The molecule has 0 fully saturated rings. The molecule has 50 nitrogen and oxygen atoms in total. The Bertz CT molecular complexity index is 3080. The maximum atomic E-state index is 13.3. The molecule has 0 radical (unpaired) electrons. The van der Waals surface area contributed by atoms with Crippen LogP contribution in [0.4, 0.5) is 0 Å². The summed E-state index contributed by atoms with van der Waals surface area (Å²) in [5.74, 6) is -6.68. The zero-order chi connectivity index (χ0) is 93.3. The Balaban J connectivity index is 6.29. The lowest BCUT2D eigenvalue weighted by Gasteiger charge is -2.33. The lowest BCUT2D eigenvalue weighted by Crippen LogP contribution is -2.44. The number of carbonyl (C=O) groups is 16. The van der Waals surface area contributed by atoms with Crippen LogP contribution >= 0.6 is 0 Å². The molecule has 0 rings (SSSR count). The number of Topliss-reactive ketones (excluding diaryl/α,β-unsaturated/α-hetero) is 2. The topological polar surface area (TPSA) is 640 Å². The van der Waals surface area contributed by atoms with Gasteiger partial charge in [-0.2, -0.15) is 0 Å². The molecule has 0 aliphatic heterocycles. The molecular formula is C75H130N26O24. The fourth-order valence-electron chi connectivity index (χ4n) is 10.6. The number of nitrogens with zero attached hydrogens (tertiary/aromatic N) is 20. The van der Waals surface area contributed by atoms with Crippen LogP contribution in [0.1, 0.15) is 103 Å². The van der Waals surface area contributed by atoms with Gasteiger partial charge in [-0.25, -0.2) is 0 Å². The molecule has 0 aromatic heterocycles. The molecule has 0 saturated heterocycles. The largest absolute Gasteiger partial charge is 0.380 e. The van der Waals surface area contributed by atoms with Gasteiger partial charge < -0.3 is 109 Å². The van der Waals surface area contributed by atoms with E-state index in [1.807, 2.05) is 0 Å². The molecule has 0 aliphatic rings. The number of ketones is 2. The molecular weight excluding hydrogens is 1650 g/mol. The van der Waals surface area contributed by atoms with Crippen LogP contribution in [-0.4, -0.2) is 413 Å². The number of rotatable bonds is 78. The van der Waals surface area contributed by atoms with Crippen molar-refractivity contribution in [3.63, 3.8) is 0 Å². The van der Waals surface area contributed by atoms with Crippen LogP contribution in [0.15, 0.2) is 20.5 Å². The number of carbonyl (C=O) groups excluding carboxylic acids is 16. The van der Waals surface area contributed by atoms with Crippen molar-refractivity contribution in [2.75, 3.05) is 280 Å². The van der Waals surface area contributed by atoms with E-state index in [9.17, 15) is 76.7 Å². The van der Waals surface area contributed by atoms with Gasteiger partial charge in [0.15, 0.2) is 0 Å². The van der Waals surface area contributed by atoms with Crippen molar-refractivity contribution in [3.8, 4) is 0 Å². The van der Waals surface area contributed by atoms with Gasteiger partial charge in [-0.15, -0.1) is 0 Å². The first-order valence-corrected chi connectivity index (χ1v) is 41.0. The molecule has 0 atom stereocenters. The second kappa shape index (κ2) is 73.2. The summed E-state index contributed by atoms with van der Waals surface area (Å²) in [5, 5.41) is 29.3. The first-order valence-electron chi connectivity index (χ1n) is 41.0. The lowest BCUT2D eigenvalue weighted by atomic mass is 9.92. The summed E-state index contributed by atoms with van der Waals surface area (Å²) in [6.45, 7) is -1.18. The van der Waals surface area contributed by atoms with Gasteiger partial charge in [0.2, 0.25) is 82.7 Å². The standard InChI is InChI=1S/C75H130N26O24/c1-94(47-63(106)82-27-39-118-43-31-86-90-76)71(114)51-98(5)67(110)17-11-9-15-59(102)21-35-122-55-75(56-123-36-22-60(103)16-10-12-18-68(111)99(6)52-72(115)95(2)48-64(107)83-28-40-119-44-32-87-91-77,57-124-37-23-61(104)80-25-13-19-69(112)100(7)53-73(116)96(3)49-65(108)84-29-41-120-45-33-88-92-78)58-125-38-24-62(105)81-26-14-20-70(113)101(8)54-74(117)97(4)50-66(109)85-30-42-121-46-34-89-93-79/h9-58H2,1-8H3,(H,80,104)(H,81,105)(H,82,106)(H,83,107)(H,84,108)(H,85,109). The van der Waals surface area contributed by atoms with Gasteiger partial charge in [-0.3, -0.25) is 76.7 Å². The summed E-state index contributed by atoms with van der Waals surface area (Å²) in [4.78, 5) is 226. The molecule has 704 valence electrons. The number of hydrogen-bond acceptors (Lipinski definition) is 28. The number of unbranched alkanes of at least 4 members (excludes halogenated alkanes) is 2. The molecule has 0 heterocycles. The van der Waals surface area contributed by atoms with Gasteiger partial charge in [-0.1, -0.05) is 20.5 Å².